The summed E-state index contributed by atoms with van der Waals surface area (Å²) < 4.78 is 10.5. The van der Waals surface area contributed by atoms with Crippen LogP contribution in [0.5, 0.6) is 11.5 Å². The van der Waals surface area contributed by atoms with Gasteiger partial charge in [-0.25, -0.2) is 10.7 Å². The lowest BCUT2D eigenvalue weighted by Crippen LogP contribution is -1.92. The SMILES string of the molecule is C1=[S-](c2ccc3c(c2)OCO3)=C1. The Balaban J connectivity index is 2.15. The van der Waals surface area contributed by atoms with E-state index in [4.69, 9.17) is 9.47 Å². The van der Waals surface area contributed by atoms with Crippen molar-refractivity contribution in [1.82, 2.24) is 0 Å². The molecule has 0 spiro atoms. The minimum absolute atomic E-state index is 0.293. The summed E-state index contributed by atoms with van der Waals surface area (Å²) in [4.78, 5) is 1.32. The van der Waals surface area contributed by atoms with Crippen LogP contribution in [0.1, 0.15) is 0 Å². The third-order valence-electron chi connectivity index (χ3n) is 1.89. The molecule has 0 bridgehead atoms. The van der Waals surface area contributed by atoms with Gasteiger partial charge in [-0.1, -0.05) is 6.07 Å². The van der Waals surface area contributed by atoms with E-state index in [1.54, 1.807) is 0 Å². The molecule has 0 N–H and O–H groups in total. The van der Waals surface area contributed by atoms with Gasteiger partial charge < -0.3 is 19.5 Å². The molecule has 1 aromatic carbocycles. The number of hydrogen-bond donors (Lipinski definition) is 0. The summed E-state index contributed by atoms with van der Waals surface area (Å²) >= 11 is 0. The van der Waals surface area contributed by atoms with Crippen LogP contribution in [-0.2, 0) is 10.1 Å². The number of hydrogen-bond acceptors (Lipinski definition) is 3. The molecule has 0 amide bonds. The highest BCUT2D eigenvalue weighted by atomic mass is 32.2. The van der Waals surface area contributed by atoms with Gasteiger partial charge in [-0.2, -0.15) is 0 Å². The minimum Gasteiger partial charge on any atom is -0.454 e. The predicted molar refractivity (Wildman–Crippen MR) is 50.3 cm³/mol. The van der Waals surface area contributed by atoms with Crippen molar-refractivity contribution in [2.24, 2.45) is 0 Å². The van der Waals surface area contributed by atoms with Crippen LogP contribution in [0.15, 0.2) is 23.1 Å². The molecule has 3 rings (SSSR count). The van der Waals surface area contributed by atoms with Crippen LogP contribution in [0.3, 0.4) is 0 Å². The number of fused-ring (bicyclic) bond motifs is 1. The highest BCUT2D eigenvalue weighted by molar-refractivity contribution is 8.05. The maximum atomic E-state index is 5.27. The van der Waals surface area contributed by atoms with Crippen LogP contribution in [0.25, 0.3) is 0 Å². The smallest absolute Gasteiger partial charge is 0.231 e. The van der Waals surface area contributed by atoms with Crippen LogP contribution in [0.4, 0.5) is 0 Å². The Morgan fingerprint density at radius 2 is 1.92 bits per heavy atom. The highest BCUT2D eigenvalue weighted by Gasteiger charge is 2.10. The monoisotopic (exact) mass is 179 g/mol. The molecule has 1 aromatic rings. The molecule has 0 saturated heterocycles. The van der Waals surface area contributed by atoms with Crippen molar-refractivity contribution in [3.63, 3.8) is 0 Å². The van der Waals surface area contributed by atoms with E-state index in [9.17, 15) is 0 Å². The maximum absolute atomic E-state index is 5.27. The van der Waals surface area contributed by atoms with Crippen LogP contribution in [0.2, 0.25) is 0 Å². The van der Waals surface area contributed by atoms with Gasteiger partial charge in [-0.15, -0.1) is 4.90 Å². The van der Waals surface area contributed by atoms with Crippen LogP contribution >= 0.6 is 0 Å². The average Bonchev–Trinajstić information content (AvgIpc) is 2.84. The molecule has 0 unspecified atom stereocenters. The quantitative estimate of drug-likeness (QED) is 0.473. The fourth-order valence-corrected chi connectivity index (χ4v) is 2.21. The van der Waals surface area contributed by atoms with Gasteiger partial charge in [0.2, 0.25) is 6.79 Å². The van der Waals surface area contributed by atoms with Crippen molar-refractivity contribution in [1.29, 1.82) is 0 Å². The number of ether oxygens (including phenoxy) is 2. The first kappa shape index (κ1) is 6.43. The zero-order valence-electron chi connectivity index (χ0n) is 6.32. The second kappa shape index (κ2) is 2.20. The third-order valence-corrected chi connectivity index (χ3v) is 3.23. The molecule has 2 aliphatic heterocycles. The van der Waals surface area contributed by atoms with Crippen molar-refractivity contribution >= 4 is 20.8 Å². The molecule has 0 fully saturated rings. The molecular weight excluding hydrogens is 172 g/mol. The van der Waals surface area contributed by atoms with Gasteiger partial charge in [0.15, 0.2) is 11.5 Å². The summed E-state index contributed by atoms with van der Waals surface area (Å²) in [6.45, 7) is 0.361. The van der Waals surface area contributed by atoms with Gasteiger partial charge in [0.1, 0.15) is 0 Å². The Hall–Kier alpha value is -1.09. The molecule has 0 aromatic heterocycles. The zero-order chi connectivity index (χ0) is 7.97. The van der Waals surface area contributed by atoms with Crippen molar-refractivity contribution < 1.29 is 9.47 Å². The molecule has 12 heavy (non-hydrogen) atoms. The normalized spacial score (nSPS) is 18.3. The fourth-order valence-electron chi connectivity index (χ4n) is 1.21. The standard InChI is InChI=1S/C9H7O2S/c1-2-8-9(11-6-10-8)5-7(1)12-3-4-12/h1-5H,6H2/q-1. The number of benzene rings is 1. The topological polar surface area (TPSA) is 18.5 Å². The first-order valence-electron chi connectivity index (χ1n) is 3.73. The lowest BCUT2D eigenvalue weighted by atomic mass is 10.3. The second-order valence-corrected chi connectivity index (χ2v) is 4.42. The van der Waals surface area contributed by atoms with Crippen molar-refractivity contribution in [3.05, 3.63) is 18.2 Å². The lowest BCUT2D eigenvalue weighted by molar-refractivity contribution is 0.174. The van der Waals surface area contributed by atoms with Crippen LogP contribution in [-0.4, -0.2) is 17.5 Å². The van der Waals surface area contributed by atoms with Gasteiger partial charge in [-0.3, -0.25) is 0 Å². The fraction of sp³-hybridized carbons (Fsp3) is 0.111. The van der Waals surface area contributed by atoms with E-state index in [-0.39, 0.29) is 0 Å². The Labute approximate surface area is 72.2 Å². The van der Waals surface area contributed by atoms with E-state index in [1.165, 1.54) is 4.90 Å². The highest BCUT2D eigenvalue weighted by Crippen LogP contribution is 2.33. The van der Waals surface area contributed by atoms with Crippen LogP contribution < -0.4 is 9.47 Å². The molecule has 2 heterocycles. The van der Waals surface area contributed by atoms with E-state index < -0.39 is 0 Å². The Kier molecular flexibility index (Phi) is 1.18. The van der Waals surface area contributed by atoms with Crippen LogP contribution in [0, 0.1) is 0 Å². The zero-order valence-corrected chi connectivity index (χ0v) is 7.14. The molecule has 0 aliphatic carbocycles. The average molecular weight is 179 g/mol. The predicted octanol–water partition coefficient (Wildman–Crippen LogP) is 1.01. The third kappa shape index (κ3) is 0.898. The molecular formula is C9H7O2S-. The van der Waals surface area contributed by atoms with Gasteiger partial charge >= 0.3 is 0 Å². The largest absolute Gasteiger partial charge is 0.454 e. The van der Waals surface area contributed by atoms with Gasteiger partial charge in [0, 0.05) is 0 Å². The number of rotatable bonds is 1. The molecule has 62 valence electrons. The van der Waals surface area contributed by atoms with E-state index >= 15 is 0 Å². The van der Waals surface area contributed by atoms with Crippen molar-refractivity contribution in [2.45, 2.75) is 4.90 Å². The van der Waals surface area contributed by atoms with E-state index in [2.05, 4.69) is 22.9 Å². The Morgan fingerprint density at radius 1 is 1.08 bits per heavy atom. The van der Waals surface area contributed by atoms with Gasteiger partial charge in [-0.05, 0) is 12.1 Å². The molecule has 0 atom stereocenters. The summed E-state index contributed by atoms with van der Waals surface area (Å²) in [5.74, 6) is 1.75. The summed E-state index contributed by atoms with van der Waals surface area (Å²) in [5, 5.41) is 4.38. The first-order valence-corrected chi connectivity index (χ1v) is 5.08. The molecule has 3 heteroatoms. The van der Waals surface area contributed by atoms with Gasteiger partial charge in [0.05, 0.1) is 0 Å². The van der Waals surface area contributed by atoms with Crippen molar-refractivity contribution in [2.75, 3.05) is 6.79 Å². The first-order chi connectivity index (χ1) is 5.93. The summed E-state index contributed by atoms with van der Waals surface area (Å²) in [7, 11) is 0.293. The van der Waals surface area contributed by atoms with Crippen molar-refractivity contribution in [3.8, 4) is 11.5 Å². The van der Waals surface area contributed by atoms with E-state index in [1.807, 2.05) is 6.07 Å². The molecule has 2 aliphatic rings. The Morgan fingerprint density at radius 3 is 2.75 bits per heavy atom. The summed E-state index contributed by atoms with van der Waals surface area (Å²) in [5.41, 5.74) is 0. The Bertz CT molecular complexity index is 418. The molecule has 0 saturated carbocycles. The minimum atomic E-state index is 0.293. The second-order valence-electron chi connectivity index (χ2n) is 2.66. The molecule has 2 nitrogen and oxygen atoms in total. The lowest BCUT2D eigenvalue weighted by Gasteiger charge is -2.03. The summed E-state index contributed by atoms with van der Waals surface area (Å²) in [6.07, 6.45) is 0. The summed E-state index contributed by atoms with van der Waals surface area (Å²) in [6, 6.07) is 6.13. The van der Waals surface area contributed by atoms with Gasteiger partial charge in [0.25, 0.3) is 0 Å². The van der Waals surface area contributed by atoms with E-state index in [0.29, 0.717) is 16.9 Å². The molecule has 0 radical (unpaired) electrons. The van der Waals surface area contributed by atoms with E-state index in [0.717, 1.165) is 11.5 Å². The maximum Gasteiger partial charge on any atom is 0.231 e.